The zero-order valence-corrected chi connectivity index (χ0v) is 13.9. The van der Waals surface area contributed by atoms with Crippen LogP contribution in [0.4, 0.5) is 13.2 Å². The van der Waals surface area contributed by atoms with E-state index in [1.807, 2.05) is 0 Å². The average molecular weight is 363 g/mol. The molecular weight excluding hydrogens is 345 g/mol. The molecule has 0 spiro atoms. The number of nitrogens with zero attached hydrogens (tertiary/aromatic N) is 2. The third-order valence-electron chi connectivity index (χ3n) is 2.96. The van der Waals surface area contributed by atoms with E-state index < -0.39 is 23.2 Å². The van der Waals surface area contributed by atoms with E-state index in [0.29, 0.717) is 0 Å². The lowest BCUT2D eigenvalue weighted by atomic mass is 10.1. The third kappa shape index (κ3) is 5.24. The number of amides is 1. The van der Waals surface area contributed by atoms with E-state index in [4.69, 9.17) is 5.73 Å². The molecule has 0 atom stereocenters. The average Bonchev–Trinajstić information content (AvgIpc) is 2.93. The van der Waals surface area contributed by atoms with E-state index in [1.165, 1.54) is 29.1 Å². The van der Waals surface area contributed by atoms with Crippen molar-refractivity contribution in [3.63, 3.8) is 0 Å². The van der Waals surface area contributed by atoms with Gasteiger partial charge in [-0.15, -0.1) is 12.4 Å². The summed E-state index contributed by atoms with van der Waals surface area (Å²) in [6.07, 6.45) is -3.01. The summed E-state index contributed by atoms with van der Waals surface area (Å²) in [5.74, 6) is -0.436. The standard InChI is InChI=1S/C15H17F3N4O.ClH/c1-14(2,19)9-20-13(23)12-6-7-22(21-12)11-5-3-4-10(8-11)15(16,17)18;/h3-8H,9,19H2,1-2H3,(H,20,23);1H. The van der Waals surface area contributed by atoms with Crippen LogP contribution >= 0.6 is 12.4 Å². The van der Waals surface area contributed by atoms with Crippen LogP contribution in [0.25, 0.3) is 5.69 Å². The van der Waals surface area contributed by atoms with Gasteiger partial charge in [-0.3, -0.25) is 4.79 Å². The van der Waals surface area contributed by atoms with Gasteiger partial charge in [0.1, 0.15) is 0 Å². The Morgan fingerprint density at radius 1 is 1.29 bits per heavy atom. The van der Waals surface area contributed by atoms with Crippen LogP contribution in [0.1, 0.15) is 29.9 Å². The van der Waals surface area contributed by atoms with E-state index in [2.05, 4.69) is 10.4 Å². The molecule has 0 aliphatic carbocycles. The van der Waals surface area contributed by atoms with Gasteiger partial charge in [0.05, 0.1) is 11.3 Å². The van der Waals surface area contributed by atoms with Crippen LogP contribution in [-0.4, -0.2) is 27.8 Å². The van der Waals surface area contributed by atoms with E-state index in [-0.39, 0.29) is 30.3 Å². The summed E-state index contributed by atoms with van der Waals surface area (Å²) in [6.45, 7) is 3.77. The molecule has 24 heavy (non-hydrogen) atoms. The fourth-order valence-electron chi connectivity index (χ4n) is 1.81. The van der Waals surface area contributed by atoms with Crippen molar-refractivity contribution in [3.8, 4) is 5.69 Å². The Bertz CT molecular complexity index is 707. The molecule has 0 radical (unpaired) electrons. The highest BCUT2D eigenvalue weighted by atomic mass is 35.5. The van der Waals surface area contributed by atoms with Gasteiger partial charge in [0.25, 0.3) is 5.91 Å². The minimum Gasteiger partial charge on any atom is -0.349 e. The molecule has 0 fully saturated rings. The number of hydrogen-bond acceptors (Lipinski definition) is 3. The molecule has 0 unspecified atom stereocenters. The van der Waals surface area contributed by atoms with Crippen molar-refractivity contribution >= 4 is 18.3 Å². The molecule has 3 N–H and O–H groups in total. The summed E-state index contributed by atoms with van der Waals surface area (Å²) in [5.41, 5.74) is 4.75. The highest BCUT2D eigenvalue weighted by Gasteiger charge is 2.30. The Labute approximate surface area is 143 Å². The topological polar surface area (TPSA) is 72.9 Å². The van der Waals surface area contributed by atoms with Crippen molar-refractivity contribution in [2.45, 2.75) is 25.6 Å². The SMILES string of the molecule is CC(C)(N)CNC(=O)c1ccn(-c2cccc(C(F)(F)F)c2)n1.Cl. The van der Waals surface area contributed by atoms with E-state index >= 15 is 0 Å². The number of nitrogens with one attached hydrogen (secondary N) is 1. The second-order valence-corrected chi connectivity index (χ2v) is 5.86. The molecule has 9 heteroatoms. The van der Waals surface area contributed by atoms with Crippen molar-refractivity contribution in [3.05, 3.63) is 47.8 Å². The Morgan fingerprint density at radius 3 is 2.54 bits per heavy atom. The smallest absolute Gasteiger partial charge is 0.349 e. The summed E-state index contributed by atoms with van der Waals surface area (Å²) in [6, 6.07) is 6.14. The number of hydrogen-bond donors (Lipinski definition) is 2. The quantitative estimate of drug-likeness (QED) is 0.878. The second kappa shape index (κ2) is 7.23. The van der Waals surface area contributed by atoms with E-state index in [9.17, 15) is 18.0 Å². The molecule has 0 bridgehead atoms. The normalized spacial score (nSPS) is 11.8. The van der Waals surface area contributed by atoms with Crippen LogP contribution in [0.2, 0.25) is 0 Å². The maximum absolute atomic E-state index is 12.7. The molecule has 2 rings (SSSR count). The first kappa shape index (κ1) is 20.0. The predicted octanol–water partition coefficient (Wildman–Crippen LogP) is 2.78. The fraction of sp³-hybridized carbons (Fsp3) is 0.333. The Balaban J connectivity index is 0.00000288. The molecule has 1 aromatic carbocycles. The number of carbonyl (C=O) groups is 1. The van der Waals surface area contributed by atoms with Crippen molar-refractivity contribution in [1.82, 2.24) is 15.1 Å². The minimum absolute atomic E-state index is 0. The molecule has 5 nitrogen and oxygen atoms in total. The first-order chi connectivity index (χ1) is 10.6. The number of aromatic nitrogens is 2. The van der Waals surface area contributed by atoms with Crippen molar-refractivity contribution in [2.75, 3.05) is 6.54 Å². The predicted molar refractivity (Wildman–Crippen MR) is 86.4 cm³/mol. The molecule has 0 aliphatic heterocycles. The van der Waals surface area contributed by atoms with Crippen LogP contribution in [0.5, 0.6) is 0 Å². The van der Waals surface area contributed by atoms with Crippen LogP contribution in [0, 0.1) is 0 Å². The summed E-state index contributed by atoms with van der Waals surface area (Å²) in [5, 5.41) is 6.62. The number of nitrogens with two attached hydrogens (primary N) is 1. The largest absolute Gasteiger partial charge is 0.416 e. The summed E-state index contributed by atoms with van der Waals surface area (Å²) in [7, 11) is 0. The Hall–Kier alpha value is -2.06. The Kier molecular flexibility index (Phi) is 6.02. The maximum atomic E-state index is 12.7. The van der Waals surface area contributed by atoms with Crippen LogP contribution in [0.15, 0.2) is 36.5 Å². The summed E-state index contributed by atoms with van der Waals surface area (Å²) in [4.78, 5) is 11.9. The minimum atomic E-state index is -4.43. The molecule has 132 valence electrons. The highest BCUT2D eigenvalue weighted by molar-refractivity contribution is 5.92. The van der Waals surface area contributed by atoms with Crippen molar-refractivity contribution in [1.29, 1.82) is 0 Å². The van der Waals surface area contributed by atoms with Gasteiger partial charge in [-0.1, -0.05) is 6.07 Å². The lowest BCUT2D eigenvalue weighted by molar-refractivity contribution is -0.137. The van der Waals surface area contributed by atoms with Gasteiger partial charge in [0.15, 0.2) is 5.69 Å². The van der Waals surface area contributed by atoms with Gasteiger partial charge in [-0.25, -0.2) is 4.68 Å². The zero-order chi connectivity index (χ0) is 17.3. The fourth-order valence-corrected chi connectivity index (χ4v) is 1.81. The zero-order valence-electron chi connectivity index (χ0n) is 13.1. The number of rotatable bonds is 4. The van der Waals surface area contributed by atoms with Gasteiger partial charge in [0, 0.05) is 18.3 Å². The highest BCUT2D eigenvalue weighted by Crippen LogP contribution is 2.30. The molecule has 0 saturated heterocycles. The van der Waals surface area contributed by atoms with E-state index in [1.54, 1.807) is 13.8 Å². The molecule has 1 heterocycles. The van der Waals surface area contributed by atoms with Gasteiger partial charge < -0.3 is 11.1 Å². The number of halogens is 4. The summed E-state index contributed by atoms with van der Waals surface area (Å²) < 4.78 is 39.4. The van der Waals surface area contributed by atoms with Crippen molar-refractivity contribution < 1.29 is 18.0 Å². The Morgan fingerprint density at radius 2 is 1.96 bits per heavy atom. The molecule has 0 aliphatic rings. The number of carbonyl (C=O) groups excluding carboxylic acids is 1. The molecule has 1 amide bonds. The van der Waals surface area contributed by atoms with Crippen LogP contribution in [-0.2, 0) is 6.18 Å². The van der Waals surface area contributed by atoms with Gasteiger partial charge in [-0.05, 0) is 38.1 Å². The number of alkyl halides is 3. The second-order valence-electron chi connectivity index (χ2n) is 5.86. The van der Waals surface area contributed by atoms with Crippen LogP contribution in [0.3, 0.4) is 0 Å². The molecule has 2 aromatic rings. The maximum Gasteiger partial charge on any atom is 0.416 e. The molecule has 1 aromatic heterocycles. The van der Waals surface area contributed by atoms with E-state index in [0.717, 1.165) is 12.1 Å². The first-order valence-corrected chi connectivity index (χ1v) is 6.87. The lowest BCUT2D eigenvalue weighted by Crippen LogP contribution is -2.45. The molecular formula is C15H18ClF3N4O. The van der Waals surface area contributed by atoms with Gasteiger partial charge >= 0.3 is 6.18 Å². The summed E-state index contributed by atoms with van der Waals surface area (Å²) >= 11 is 0. The number of benzene rings is 1. The van der Waals surface area contributed by atoms with Gasteiger partial charge in [0.2, 0.25) is 0 Å². The van der Waals surface area contributed by atoms with Gasteiger partial charge in [-0.2, -0.15) is 18.3 Å². The lowest BCUT2D eigenvalue weighted by Gasteiger charge is -2.18. The first-order valence-electron chi connectivity index (χ1n) is 6.87. The van der Waals surface area contributed by atoms with Crippen molar-refractivity contribution in [2.24, 2.45) is 5.73 Å². The monoisotopic (exact) mass is 362 g/mol. The third-order valence-corrected chi connectivity index (χ3v) is 2.96. The molecule has 0 saturated carbocycles. The van der Waals surface area contributed by atoms with Crippen LogP contribution < -0.4 is 11.1 Å².